The van der Waals surface area contributed by atoms with Crippen molar-refractivity contribution in [3.63, 3.8) is 0 Å². The van der Waals surface area contributed by atoms with Crippen molar-refractivity contribution in [1.82, 2.24) is 10.7 Å². The second-order valence-electron chi connectivity index (χ2n) is 5.54. The maximum absolute atomic E-state index is 5.27. The summed E-state index contributed by atoms with van der Waals surface area (Å²) < 4.78 is 0. The topological polar surface area (TPSA) is 36.4 Å². The van der Waals surface area contributed by atoms with E-state index >= 15 is 0 Å². The molecule has 1 aliphatic carbocycles. The third kappa shape index (κ3) is 4.60. The molecule has 0 bridgehead atoms. The van der Waals surface area contributed by atoms with E-state index in [0.717, 1.165) is 5.56 Å². The van der Waals surface area contributed by atoms with Crippen LogP contribution in [0.25, 0.3) is 0 Å². The minimum absolute atomic E-state index is 0.514. The van der Waals surface area contributed by atoms with Gasteiger partial charge in [-0.05, 0) is 50.0 Å². The van der Waals surface area contributed by atoms with Gasteiger partial charge in [0.2, 0.25) is 0 Å². The van der Waals surface area contributed by atoms with E-state index in [2.05, 4.69) is 47.9 Å². The average molecular weight is 289 g/mol. The molecule has 2 rings (SSSR count). The third-order valence-electron chi connectivity index (χ3n) is 3.74. The first-order valence-corrected chi connectivity index (χ1v) is 7.73. The minimum atomic E-state index is 0.514. The van der Waals surface area contributed by atoms with Gasteiger partial charge in [0, 0.05) is 6.04 Å². The van der Waals surface area contributed by atoms with Crippen LogP contribution < -0.4 is 10.7 Å². The molecule has 0 amide bonds. The highest BCUT2D eigenvalue weighted by Gasteiger charge is 2.13. The van der Waals surface area contributed by atoms with Gasteiger partial charge in [-0.15, -0.1) is 0 Å². The Hall–Kier alpha value is -1.42. The van der Waals surface area contributed by atoms with Crippen LogP contribution in [0.3, 0.4) is 0 Å². The van der Waals surface area contributed by atoms with Crippen LogP contribution in [0.2, 0.25) is 0 Å². The van der Waals surface area contributed by atoms with Crippen molar-refractivity contribution in [3.05, 3.63) is 34.9 Å². The Kier molecular flexibility index (Phi) is 5.53. The molecule has 0 aromatic heterocycles. The smallest absolute Gasteiger partial charge is 0.187 e. The second-order valence-corrected chi connectivity index (χ2v) is 5.95. The molecule has 20 heavy (non-hydrogen) atoms. The molecule has 0 atom stereocenters. The first-order valence-electron chi connectivity index (χ1n) is 7.32. The Balaban J connectivity index is 1.81. The molecule has 1 aromatic carbocycles. The molecule has 1 aliphatic rings. The van der Waals surface area contributed by atoms with Crippen LogP contribution in [0, 0.1) is 13.8 Å². The van der Waals surface area contributed by atoms with Gasteiger partial charge in [0.25, 0.3) is 0 Å². The molecule has 108 valence electrons. The van der Waals surface area contributed by atoms with E-state index in [-0.39, 0.29) is 0 Å². The summed E-state index contributed by atoms with van der Waals surface area (Å²) in [6, 6.07) is 6.83. The second kappa shape index (κ2) is 7.39. The molecular formula is C16H23N3S. The lowest BCUT2D eigenvalue weighted by Crippen LogP contribution is -2.40. The molecular weight excluding hydrogens is 266 g/mol. The van der Waals surface area contributed by atoms with Crippen LogP contribution in [0.1, 0.15) is 48.8 Å². The molecule has 0 heterocycles. The van der Waals surface area contributed by atoms with Gasteiger partial charge in [-0.25, -0.2) is 0 Å². The average Bonchev–Trinajstić information content (AvgIpc) is 2.42. The first kappa shape index (κ1) is 15.0. The maximum Gasteiger partial charge on any atom is 0.187 e. The molecule has 0 radical (unpaired) electrons. The summed E-state index contributed by atoms with van der Waals surface area (Å²) in [5, 5.41) is 8.18. The van der Waals surface area contributed by atoms with Gasteiger partial charge in [-0.1, -0.05) is 43.0 Å². The van der Waals surface area contributed by atoms with Crippen molar-refractivity contribution in [2.75, 3.05) is 0 Å². The van der Waals surface area contributed by atoms with Crippen LogP contribution in [0.4, 0.5) is 0 Å². The van der Waals surface area contributed by atoms with E-state index in [1.807, 2.05) is 6.21 Å². The van der Waals surface area contributed by atoms with Crippen molar-refractivity contribution >= 4 is 23.5 Å². The Morgan fingerprint density at radius 3 is 2.70 bits per heavy atom. The molecule has 1 saturated carbocycles. The Morgan fingerprint density at radius 1 is 1.25 bits per heavy atom. The molecule has 0 saturated heterocycles. The monoisotopic (exact) mass is 289 g/mol. The van der Waals surface area contributed by atoms with E-state index < -0.39 is 0 Å². The van der Waals surface area contributed by atoms with Crippen molar-refractivity contribution in [2.24, 2.45) is 5.10 Å². The lowest BCUT2D eigenvalue weighted by atomic mass is 9.96. The fourth-order valence-electron chi connectivity index (χ4n) is 2.60. The van der Waals surface area contributed by atoms with Crippen LogP contribution >= 0.6 is 12.2 Å². The summed E-state index contributed by atoms with van der Waals surface area (Å²) in [6.07, 6.45) is 8.19. The summed E-state index contributed by atoms with van der Waals surface area (Å²) in [5.41, 5.74) is 6.51. The van der Waals surface area contributed by atoms with E-state index in [0.29, 0.717) is 11.2 Å². The number of hydrazone groups is 1. The number of nitrogens with zero attached hydrogens (tertiary/aromatic N) is 1. The summed E-state index contributed by atoms with van der Waals surface area (Å²) >= 11 is 5.27. The van der Waals surface area contributed by atoms with Gasteiger partial charge >= 0.3 is 0 Å². The van der Waals surface area contributed by atoms with Crippen molar-refractivity contribution in [1.29, 1.82) is 0 Å². The summed E-state index contributed by atoms with van der Waals surface area (Å²) in [6.45, 7) is 4.18. The van der Waals surface area contributed by atoms with E-state index in [1.165, 1.54) is 43.2 Å². The van der Waals surface area contributed by atoms with Crippen LogP contribution in [0.5, 0.6) is 0 Å². The fraction of sp³-hybridized carbons (Fsp3) is 0.500. The molecule has 1 fully saturated rings. The number of aryl methyl sites for hydroxylation is 2. The summed E-state index contributed by atoms with van der Waals surface area (Å²) in [4.78, 5) is 0. The zero-order valence-electron chi connectivity index (χ0n) is 12.3. The number of hydrogen-bond acceptors (Lipinski definition) is 2. The Morgan fingerprint density at radius 2 is 2.00 bits per heavy atom. The summed E-state index contributed by atoms with van der Waals surface area (Å²) in [5.74, 6) is 0. The van der Waals surface area contributed by atoms with Crippen molar-refractivity contribution in [2.45, 2.75) is 52.0 Å². The SMILES string of the molecule is Cc1ccc(/C=N\NC(=S)NC2CCCCC2)c(C)c1. The van der Waals surface area contributed by atoms with Crippen LogP contribution in [-0.4, -0.2) is 17.4 Å². The van der Waals surface area contributed by atoms with E-state index in [9.17, 15) is 0 Å². The van der Waals surface area contributed by atoms with Crippen LogP contribution in [0.15, 0.2) is 23.3 Å². The molecule has 0 unspecified atom stereocenters. The predicted molar refractivity (Wildman–Crippen MR) is 89.3 cm³/mol. The van der Waals surface area contributed by atoms with Gasteiger partial charge in [0.1, 0.15) is 0 Å². The van der Waals surface area contributed by atoms with E-state index in [1.54, 1.807) is 0 Å². The number of hydrogen-bond donors (Lipinski definition) is 2. The highest BCUT2D eigenvalue weighted by atomic mass is 32.1. The number of rotatable bonds is 3. The first-order chi connectivity index (χ1) is 9.65. The van der Waals surface area contributed by atoms with Gasteiger partial charge in [-0.3, -0.25) is 5.43 Å². The van der Waals surface area contributed by atoms with Crippen molar-refractivity contribution in [3.8, 4) is 0 Å². The van der Waals surface area contributed by atoms with E-state index in [4.69, 9.17) is 12.2 Å². The Labute approximate surface area is 126 Å². The number of thiocarbonyl (C=S) groups is 1. The zero-order chi connectivity index (χ0) is 14.4. The molecule has 0 spiro atoms. The lowest BCUT2D eigenvalue weighted by molar-refractivity contribution is 0.412. The third-order valence-corrected chi connectivity index (χ3v) is 3.94. The largest absolute Gasteiger partial charge is 0.359 e. The van der Waals surface area contributed by atoms with Gasteiger partial charge < -0.3 is 5.32 Å². The molecule has 2 N–H and O–H groups in total. The summed E-state index contributed by atoms with van der Waals surface area (Å²) in [7, 11) is 0. The van der Waals surface area contributed by atoms with Crippen LogP contribution in [-0.2, 0) is 0 Å². The highest BCUT2D eigenvalue weighted by Crippen LogP contribution is 2.17. The fourth-order valence-corrected chi connectivity index (χ4v) is 2.81. The quantitative estimate of drug-likeness (QED) is 0.508. The predicted octanol–water partition coefficient (Wildman–Crippen LogP) is 3.43. The molecule has 4 heteroatoms. The Bertz CT molecular complexity index is 490. The lowest BCUT2D eigenvalue weighted by Gasteiger charge is -2.23. The van der Waals surface area contributed by atoms with Crippen molar-refractivity contribution < 1.29 is 0 Å². The standard InChI is InChI=1S/C16H23N3S/c1-12-8-9-14(13(2)10-12)11-17-19-16(20)18-15-6-4-3-5-7-15/h8-11,15H,3-7H2,1-2H3,(H2,18,19,20)/b17-11-. The minimum Gasteiger partial charge on any atom is -0.359 e. The molecule has 0 aliphatic heterocycles. The molecule has 1 aromatic rings. The highest BCUT2D eigenvalue weighted by molar-refractivity contribution is 7.80. The van der Waals surface area contributed by atoms with Gasteiger partial charge in [0.05, 0.1) is 6.21 Å². The van der Waals surface area contributed by atoms with Gasteiger partial charge in [0.15, 0.2) is 5.11 Å². The number of nitrogens with one attached hydrogen (secondary N) is 2. The zero-order valence-corrected chi connectivity index (χ0v) is 13.1. The normalized spacial score (nSPS) is 16.3. The van der Waals surface area contributed by atoms with Gasteiger partial charge in [-0.2, -0.15) is 5.10 Å². The maximum atomic E-state index is 5.27. The number of benzene rings is 1. The molecule has 3 nitrogen and oxygen atoms in total.